The van der Waals surface area contributed by atoms with Crippen LogP contribution in [-0.2, 0) is 11.2 Å². The maximum Gasteiger partial charge on any atom is 0.410 e. The number of ether oxygens (including phenoxy) is 2. The van der Waals surface area contributed by atoms with Gasteiger partial charge in [-0.25, -0.2) is 4.79 Å². The fraction of sp³-hybridized carbons (Fsp3) is 0.486. The Kier molecular flexibility index (Phi) is 7.78. The van der Waals surface area contributed by atoms with Crippen molar-refractivity contribution in [2.75, 3.05) is 13.1 Å². The first-order chi connectivity index (χ1) is 19.7. The lowest BCUT2D eigenvalue weighted by atomic mass is 9.87. The van der Waals surface area contributed by atoms with Gasteiger partial charge in [0.05, 0.1) is 0 Å². The molecule has 2 heterocycles. The molecule has 0 bridgehead atoms. The minimum Gasteiger partial charge on any atom is -0.490 e. The van der Waals surface area contributed by atoms with Crippen molar-refractivity contribution in [1.82, 2.24) is 15.2 Å². The Balaban J connectivity index is 0.994. The van der Waals surface area contributed by atoms with E-state index in [2.05, 4.69) is 65.8 Å². The molecule has 6 nitrogen and oxygen atoms in total. The van der Waals surface area contributed by atoms with Crippen LogP contribution in [-0.4, -0.2) is 52.9 Å². The summed E-state index contributed by atoms with van der Waals surface area (Å²) in [7, 11) is 0. The lowest BCUT2D eigenvalue weighted by molar-refractivity contribution is 0.0180. The standard InChI is InChI=1S/C35H43N3O3/c1-23-5-6-25-13-16-36-22-33(25)31-12-9-26(19-32(23)31)24-7-10-29(11-8-24)40-30-20-28(21-30)37-27-14-17-38(18-15-27)34(39)41-35(2,3)4/h7-13,16,19,22-23,27-28,30,37H,5-6,14-15,17-18,20-21H2,1-4H3/t23?,28-,30-. The molecule has 0 spiro atoms. The summed E-state index contributed by atoms with van der Waals surface area (Å²) in [6.45, 7) is 9.58. The van der Waals surface area contributed by atoms with Crippen LogP contribution >= 0.6 is 0 Å². The summed E-state index contributed by atoms with van der Waals surface area (Å²) in [5.41, 5.74) is 7.44. The van der Waals surface area contributed by atoms with Crippen molar-refractivity contribution in [3.8, 4) is 28.0 Å². The van der Waals surface area contributed by atoms with Gasteiger partial charge in [0, 0.05) is 43.1 Å². The summed E-state index contributed by atoms with van der Waals surface area (Å²) in [5, 5.41) is 3.79. The van der Waals surface area contributed by atoms with Gasteiger partial charge in [0.15, 0.2) is 0 Å². The number of fused-ring (bicyclic) bond motifs is 3. The zero-order valence-electron chi connectivity index (χ0n) is 24.9. The van der Waals surface area contributed by atoms with Gasteiger partial charge in [0.1, 0.15) is 17.5 Å². The quantitative estimate of drug-likeness (QED) is 0.358. The predicted octanol–water partition coefficient (Wildman–Crippen LogP) is 7.36. The third-order valence-corrected chi connectivity index (χ3v) is 8.83. The van der Waals surface area contributed by atoms with Crippen molar-refractivity contribution >= 4 is 6.09 Å². The van der Waals surface area contributed by atoms with Crippen LogP contribution in [0, 0.1) is 0 Å². The molecule has 6 rings (SSSR count). The van der Waals surface area contributed by atoms with E-state index in [-0.39, 0.29) is 12.2 Å². The molecule has 0 radical (unpaired) electrons. The molecule has 1 atom stereocenters. The first kappa shape index (κ1) is 27.8. The van der Waals surface area contributed by atoms with Crippen molar-refractivity contribution in [3.63, 3.8) is 0 Å². The van der Waals surface area contributed by atoms with E-state index in [1.807, 2.05) is 38.1 Å². The first-order valence-electron chi connectivity index (χ1n) is 15.3. The van der Waals surface area contributed by atoms with Gasteiger partial charge in [0.25, 0.3) is 0 Å². The van der Waals surface area contributed by atoms with E-state index in [0.717, 1.165) is 57.4 Å². The number of nitrogens with one attached hydrogen (secondary N) is 1. The molecule has 41 heavy (non-hydrogen) atoms. The summed E-state index contributed by atoms with van der Waals surface area (Å²) in [4.78, 5) is 18.6. The average molecular weight is 554 g/mol. The highest BCUT2D eigenvalue weighted by molar-refractivity contribution is 5.76. The van der Waals surface area contributed by atoms with Gasteiger partial charge < -0.3 is 19.7 Å². The van der Waals surface area contributed by atoms with Gasteiger partial charge in [-0.3, -0.25) is 4.98 Å². The minimum atomic E-state index is -0.446. The number of carbonyl (C=O) groups is 1. The van der Waals surface area contributed by atoms with Crippen LogP contribution < -0.4 is 10.1 Å². The zero-order chi connectivity index (χ0) is 28.6. The Morgan fingerprint density at radius 3 is 2.39 bits per heavy atom. The number of rotatable bonds is 5. The largest absolute Gasteiger partial charge is 0.490 e. The Morgan fingerprint density at radius 2 is 1.66 bits per heavy atom. The van der Waals surface area contributed by atoms with E-state index in [4.69, 9.17) is 9.47 Å². The molecular weight excluding hydrogens is 510 g/mol. The van der Waals surface area contributed by atoms with Crippen LogP contribution in [0.3, 0.4) is 0 Å². The lowest BCUT2D eigenvalue weighted by Gasteiger charge is -2.40. The Bertz CT molecular complexity index is 1370. The number of hydrogen-bond acceptors (Lipinski definition) is 5. The highest BCUT2D eigenvalue weighted by atomic mass is 16.6. The van der Waals surface area contributed by atoms with E-state index >= 15 is 0 Å². The number of piperidine rings is 1. The highest BCUT2D eigenvalue weighted by Crippen LogP contribution is 2.40. The van der Waals surface area contributed by atoms with Crippen molar-refractivity contribution < 1.29 is 14.3 Å². The van der Waals surface area contributed by atoms with Crippen LogP contribution in [0.4, 0.5) is 4.79 Å². The minimum absolute atomic E-state index is 0.195. The topological polar surface area (TPSA) is 63.7 Å². The number of nitrogens with zero attached hydrogens (tertiary/aromatic N) is 2. The lowest BCUT2D eigenvalue weighted by Crippen LogP contribution is -2.54. The zero-order valence-corrected chi connectivity index (χ0v) is 24.9. The monoisotopic (exact) mass is 553 g/mol. The number of likely N-dealkylation sites (tertiary alicyclic amines) is 1. The molecule has 6 heteroatoms. The van der Waals surface area contributed by atoms with Crippen molar-refractivity contribution in [1.29, 1.82) is 0 Å². The van der Waals surface area contributed by atoms with E-state index in [0.29, 0.717) is 18.0 Å². The van der Waals surface area contributed by atoms with E-state index in [9.17, 15) is 4.79 Å². The van der Waals surface area contributed by atoms with Crippen molar-refractivity contribution in [2.24, 2.45) is 0 Å². The summed E-state index contributed by atoms with van der Waals surface area (Å²) >= 11 is 0. The van der Waals surface area contributed by atoms with Gasteiger partial charge in [-0.05, 0) is 111 Å². The molecule has 1 amide bonds. The highest BCUT2D eigenvalue weighted by Gasteiger charge is 2.34. The first-order valence-corrected chi connectivity index (χ1v) is 15.3. The van der Waals surface area contributed by atoms with Crippen LogP contribution in [0.25, 0.3) is 22.3 Å². The third-order valence-electron chi connectivity index (χ3n) is 8.83. The number of amides is 1. The van der Waals surface area contributed by atoms with E-state index in [1.165, 1.54) is 33.4 Å². The Labute approximate surface area is 244 Å². The second-order valence-corrected chi connectivity index (χ2v) is 13.1. The molecule has 3 aromatic rings. The van der Waals surface area contributed by atoms with Crippen molar-refractivity contribution in [3.05, 3.63) is 72.1 Å². The number of aromatic nitrogens is 1. The molecule has 1 N–H and O–H groups in total. The molecule has 1 saturated carbocycles. The fourth-order valence-corrected chi connectivity index (χ4v) is 6.41. The van der Waals surface area contributed by atoms with Gasteiger partial charge in [-0.2, -0.15) is 0 Å². The average Bonchev–Trinajstić information content (AvgIpc) is 3.08. The Hall–Kier alpha value is -3.38. The number of carbonyl (C=O) groups excluding carboxylic acids is 1. The second-order valence-electron chi connectivity index (χ2n) is 13.1. The van der Waals surface area contributed by atoms with E-state index in [1.54, 1.807) is 0 Å². The summed E-state index contributed by atoms with van der Waals surface area (Å²) in [6.07, 6.45) is 10.2. The molecule has 2 aliphatic carbocycles. The maximum absolute atomic E-state index is 12.3. The molecule has 2 aromatic carbocycles. The van der Waals surface area contributed by atoms with E-state index < -0.39 is 5.60 Å². The van der Waals surface area contributed by atoms with Gasteiger partial charge in [-0.15, -0.1) is 0 Å². The second kappa shape index (κ2) is 11.5. The number of hydrogen-bond donors (Lipinski definition) is 1. The molecule has 1 saturated heterocycles. The Morgan fingerprint density at radius 1 is 0.927 bits per heavy atom. The van der Waals surface area contributed by atoms with Gasteiger partial charge >= 0.3 is 6.09 Å². The van der Waals surface area contributed by atoms with Gasteiger partial charge in [0.2, 0.25) is 0 Å². The molecule has 1 aromatic heterocycles. The fourth-order valence-electron chi connectivity index (χ4n) is 6.41. The maximum atomic E-state index is 12.3. The van der Waals surface area contributed by atoms with Crippen molar-refractivity contribution in [2.45, 2.75) is 95.9 Å². The predicted molar refractivity (Wildman–Crippen MR) is 163 cm³/mol. The number of benzene rings is 2. The molecule has 1 aliphatic heterocycles. The van der Waals surface area contributed by atoms with Crippen LogP contribution in [0.5, 0.6) is 5.75 Å². The number of aryl methyl sites for hydroxylation is 1. The molecule has 1 unspecified atom stereocenters. The summed E-state index contributed by atoms with van der Waals surface area (Å²) in [6, 6.07) is 18.6. The third kappa shape index (κ3) is 6.43. The molecular formula is C35H43N3O3. The van der Waals surface area contributed by atoms with Crippen LogP contribution in [0.1, 0.15) is 76.8 Å². The summed E-state index contributed by atoms with van der Waals surface area (Å²) in [5.74, 6) is 1.45. The van der Waals surface area contributed by atoms with Crippen LogP contribution in [0.2, 0.25) is 0 Å². The van der Waals surface area contributed by atoms with Crippen LogP contribution in [0.15, 0.2) is 60.9 Å². The molecule has 2 fully saturated rings. The SMILES string of the molecule is CC1CCc2ccncc2-c2ccc(-c3ccc(O[C@H]4C[C@H](NC5CCN(C(=O)OC(C)(C)C)CC5)C4)cc3)cc21. The molecule has 3 aliphatic rings. The normalized spacial score (nSPS) is 22.6. The number of pyridine rings is 1. The van der Waals surface area contributed by atoms with Gasteiger partial charge in [-0.1, -0.05) is 37.3 Å². The molecule has 216 valence electrons. The smallest absolute Gasteiger partial charge is 0.410 e. The summed E-state index contributed by atoms with van der Waals surface area (Å²) < 4.78 is 11.8.